The van der Waals surface area contributed by atoms with E-state index in [1.165, 1.54) is 32.0 Å². The van der Waals surface area contributed by atoms with E-state index in [0.717, 1.165) is 23.8 Å². The van der Waals surface area contributed by atoms with Gasteiger partial charge in [-0.3, -0.25) is 28.6 Å². The fraction of sp³-hybridized carbons (Fsp3) is 0.397. The Morgan fingerprint density at radius 1 is 0.650 bits per heavy atom. The fourth-order valence-corrected chi connectivity index (χ4v) is 10.5. The molecule has 428 valence electrons. The Kier molecular flexibility index (Phi) is 23.0. The molecule has 2 heterocycles. The number of carboxylic acid groups (broad SMARTS) is 1. The highest BCUT2D eigenvalue weighted by molar-refractivity contribution is 7.52. The molecule has 2 aliphatic heterocycles. The third-order valence-corrected chi connectivity index (χ3v) is 14.6. The van der Waals surface area contributed by atoms with Gasteiger partial charge in [-0.2, -0.15) is 0 Å². The predicted molar refractivity (Wildman–Crippen MR) is 287 cm³/mol. The SMILES string of the molecule is COP(=O)(O)C[C@H]1O[C@H](COC(C)=O)[C@@H](OCc2ccccc2)[C@H](OCc2ccccc2)C1(CC(=O)NOC[C@H]1O[C@H](OCCNC(=O)c2ccccc2C(=O)O)C[C@@H](OCc2ccccc2)[C@@H]1OCc1ccccc1)NC(C)=O. The molecule has 7 rings (SSSR count). The van der Waals surface area contributed by atoms with Crippen molar-refractivity contribution in [3.05, 3.63) is 179 Å². The summed E-state index contributed by atoms with van der Waals surface area (Å²) in [6, 6.07) is 42.9. The molecule has 5 N–H and O–H groups in total. The van der Waals surface area contributed by atoms with E-state index in [-0.39, 0.29) is 63.7 Å². The third-order valence-electron chi connectivity index (χ3n) is 13.2. The molecule has 0 bridgehead atoms. The summed E-state index contributed by atoms with van der Waals surface area (Å²) in [6.45, 7) is 1.71. The second-order valence-electron chi connectivity index (χ2n) is 19.1. The number of nitrogens with one attached hydrogen (secondary N) is 3. The highest BCUT2D eigenvalue weighted by atomic mass is 31.2. The van der Waals surface area contributed by atoms with Crippen LogP contribution in [0.5, 0.6) is 0 Å². The number of hydrogen-bond acceptors (Lipinski definition) is 16. The van der Waals surface area contributed by atoms with Gasteiger partial charge in [-0.25, -0.2) is 10.3 Å². The van der Waals surface area contributed by atoms with Gasteiger partial charge >= 0.3 is 19.5 Å². The summed E-state index contributed by atoms with van der Waals surface area (Å²) in [5.41, 5.74) is 3.43. The number of amides is 3. The van der Waals surface area contributed by atoms with Crippen LogP contribution in [0.4, 0.5) is 0 Å². The minimum Gasteiger partial charge on any atom is -0.478 e. The first kappa shape index (κ1) is 60.9. The number of carbonyl (C=O) groups excluding carboxylic acids is 4. The molecule has 0 saturated carbocycles. The lowest BCUT2D eigenvalue weighted by Gasteiger charge is -2.54. The Bertz CT molecular complexity index is 2820. The van der Waals surface area contributed by atoms with Crippen LogP contribution in [0.3, 0.4) is 0 Å². The molecule has 80 heavy (non-hydrogen) atoms. The number of esters is 1. The lowest BCUT2D eigenvalue weighted by atomic mass is 9.76. The van der Waals surface area contributed by atoms with Crippen molar-refractivity contribution in [3.63, 3.8) is 0 Å². The van der Waals surface area contributed by atoms with Gasteiger partial charge in [-0.05, 0) is 34.4 Å². The smallest absolute Gasteiger partial charge is 0.336 e. The molecular weight excluding hydrogens is 1060 g/mol. The second-order valence-corrected chi connectivity index (χ2v) is 21.1. The molecule has 2 aliphatic rings. The topological polar surface area (TPSA) is 271 Å². The highest BCUT2D eigenvalue weighted by Crippen LogP contribution is 2.48. The summed E-state index contributed by atoms with van der Waals surface area (Å²) < 4.78 is 69.9. The number of aromatic carboxylic acids is 1. The summed E-state index contributed by atoms with van der Waals surface area (Å²) in [7, 11) is -3.51. The summed E-state index contributed by atoms with van der Waals surface area (Å²) in [5.74, 6) is -4.04. The van der Waals surface area contributed by atoms with E-state index in [2.05, 4.69) is 16.1 Å². The van der Waals surface area contributed by atoms with Gasteiger partial charge in [-0.1, -0.05) is 133 Å². The van der Waals surface area contributed by atoms with Crippen LogP contribution in [-0.4, -0.2) is 134 Å². The van der Waals surface area contributed by atoms with Gasteiger partial charge in [0.2, 0.25) is 11.8 Å². The van der Waals surface area contributed by atoms with Crippen molar-refractivity contribution in [1.29, 1.82) is 0 Å². The normalized spacial score (nSPS) is 23.4. The molecule has 10 atom stereocenters. The minimum absolute atomic E-state index is 0.0197. The van der Waals surface area contributed by atoms with E-state index in [1.807, 2.05) is 97.1 Å². The first-order valence-corrected chi connectivity index (χ1v) is 27.7. The van der Waals surface area contributed by atoms with E-state index in [9.17, 15) is 38.5 Å². The Morgan fingerprint density at radius 2 is 1.16 bits per heavy atom. The number of hydroxylamine groups is 1. The largest absolute Gasteiger partial charge is 0.478 e. The molecule has 0 radical (unpaired) electrons. The van der Waals surface area contributed by atoms with Crippen LogP contribution in [0, 0.1) is 0 Å². The Morgan fingerprint density at radius 3 is 1.70 bits per heavy atom. The lowest BCUT2D eigenvalue weighted by molar-refractivity contribution is -0.280. The van der Waals surface area contributed by atoms with E-state index in [4.69, 9.17) is 47.3 Å². The van der Waals surface area contributed by atoms with Gasteiger partial charge in [0.25, 0.3) is 5.91 Å². The molecule has 2 unspecified atom stereocenters. The Labute approximate surface area is 463 Å². The van der Waals surface area contributed by atoms with Crippen LogP contribution < -0.4 is 16.1 Å². The zero-order valence-electron chi connectivity index (χ0n) is 44.6. The van der Waals surface area contributed by atoms with Crippen LogP contribution in [0.1, 0.15) is 69.7 Å². The first-order chi connectivity index (χ1) is 38.6. The van der Waals surface area contributed by atoms with E-state index in [0.29, 0.717) is 5.56 Å². The molecule has 22 heteroatoms. The maximum atomic E-state index is 14.7. The second kappa shape index (κ2) is 30.2. The highest BCUT2D eigenvalue weighted by Gasteiger charge is 2.60. The maximum absolute atomic E-state index is 14.7. The van der Waals surface area contributed by atoms with E-state index in [1.54, 1.807) is 30.3 Å². The van der Waals surface area contributed by atoms with Crippen molar-refractivity contribution in [1.82, 2.24) is 16.1 Å². The number of carboxylic acids is 1. The van der Waals surface area contributed by atoms with Gasteiger partial charge in [0.1, 0.15) is 49.3 Å². The number of ether oxygens (including phenoxy) is 8. The van der Waals surface area contributed by atoms with E-state index >= 15 is 0 Å². The van der Waals surface area contributed by atoms with Crippen molar-refractivity contribution in [2.75, 3.05) is 39.6 Å². The lowest BCUT2D eigenvalue weighted by Crippen LogP contribution is -2.75. The van der Waals surface area contributed by atoms with Crippen molar-refractivity contribution in [2.24, 2.45) is 0 Å². The molecule has 0 aromatic heterocycles. The zero-order valence-corrected chi connectivity index (χ0v) is 45.5. The van der Waals surface area contributed by atoms with Gasteiger partial charge in [0.05, 0.1) is 69.0 Å². The van der Waals surface area contributed by atoms with Gasteiger partial charge in [0.15, 0.2) is 6.29 Å². The molecule has 2 saturated heterocycles. The van der Waals surface area contributed by atoms with Crippen LogP contribution in [0.25, 0.3) is 0 Å². The van der Waals surface area contributed by atoms with E-state index < -0.39 is 111 Å². The minimum atomic E-state index is -4.55. The quantitative estimate of drug-likeness (QED) is 0.0157. The van der Waals surface area contributed by atoms with Crippen LogP contribution in [0.2, 0.25) is 0 Å². The van der Waals surface area contributed by atoms with Crippen molar-refractivity contribution in [3.8, 4) is 0 Å². The monoisotopic (exact) mass is 1130 g/mol. The molecule has 5 aromatic rings. The molecule has 3 amide bonds. The first-order valence-electron chi connectivity index (χ1n) is 26.0. The molecule has 5 aromatic carbocycles. The molecule has 2 fully saturated rings. The van der Waals surface area contributed by atoms with Crippen molar-refractivity contribution >= 4 is 37.3 Å². The summed E-state index contributed by atoms with van der Waals surface area (Å²) >= 11 is 0. The molecule has 0 aliphatic carbocycles. The number of benzene rings is 5. The molecule has 21 nitrogen and oxygen atoms in total. The molecule has 0 spiro atoms. The standard InChI is InChI=1S/C58H68N3O18P/c1-39(62)60-58(50(38-80(68,69)70-3)78-48(36-72-40(2)63)54(75-34-43-22-12-6-13-23-43)55(58)76-35-44-24-14-7-15-25-44)31-51(64)61-77-37-49-53(74-33-42-20-10-5-11-21-42)47(73-32-41-18-8-4-9-19-41)30-52(79-49)71-29-28-59-56(65)45-26-16-17-27-46(45)57(66)67/h4-27,47-50,52-55H,28-38H2,1-3H3,(H,59,65)(H,60,62)(H,61,64)(H,66,67)(H,68,69)/t47-,48-,49-,50-,52+,53+,54-,55+,58?/m1/s1. The number of carbonyl (C=O) groups is 5. The number of hydrogen-bond donors (Lipinski definition) is 5. The van der Waals surface area contributed by atoms with Crippen molar-refractivity contribution in [2.45, 2.75) is 108 Å². The van der Waals surface area contributed by atoms with Crippen molar-refractivity contribution < 1.29 is 85.8 Å². The predicted octanol–water partition coefficient (Wildman–Crippen LogP) is 6.06. The van der Waals surface area contributed by atoms with Gasteiger partial charge in [-0.15, -0.1) is 0 Å². The summed E-state index contributed by atoms with van der Waals surface area (Å²) in [5, 5.41) is 15.2. The van der Waals surface area contributed by atoms with Crippen LogP contribution in [-0.2, 0) is 92.6 Å². The maximum Gasteiger partial charge on any atom is 0.336 e. The average molecular weight is 1130 g/mol. The number of rotatable bonds is 29. The van der Waals surface area contributed by atoms with Crippen LogP contribution >= 0.6 is 7.60 Å². The average Bonchev–Trinajstić information content (AvgIpc) is 3.62. The zero-order chi connectivity index (χ0) is 56.9. The molecular formula is C58H68N3O18P. The fourth-order valence-electron chi connectivity index (χ4n) is 9.49. The van der Waals surface area contributed by atoms with Crippen LogP contribution in [0.15, 0.2) is 146 Å². The van der Waals surface area contributed by atoms with Gasteiger partial charge in [0, 0.05) is 33.9 Å². The Hall–Kier alpha value is -6.72. The van der Waals surface area contributed by atoms with Gasteiger partial charge < -0.3 is 63.1 Å². The Balaban J connectivity index is 1.17. The third kappa shape index (κ3) is 17.9. The summed E-state index contributed by atoms with van der Waals surface area (Å²) in [6.07, 6.45) is -10.2. The summed E-state index contributed by atoms with van der Waals surface area (Å²) in [4.78, 5) is 82.6.